The van der Waals surface area contributed by atoms with Gasteiger partial charge in [-0.3, -0.25) is 4.79 Å². The van der Waals surface area contributed by atoms with Crippen molar-refractivity contribution in [1.82, 2.24) is 5.32 Å². The predicted molar refractivity (Wildman–Crippen MR) is 54.4 cm³/mol. The molecule has 13 heavy (non-hydrogen) atoms. The summed E-state index contributed by atoms with van der Waals surface area (Å²) in [6, 6.07) is 2.09. The fourth-order valence-electron chi connectivity index (χ4n) is 1.69. The minimum Gasteiger partial charge on any atom is -0.307 e. The Kier molecular flexibility index (Phi) is 2.47. The van der Waals surface area contributed by atoms with Crippen LogP contribution in [0.1, 0.15) is 28.1 Å². The first-order chi connectivity index (χ1) is 6.29. The third-order valence-corrected chi connectivity index (χ3v) is 3.49. The zero-order valence-corrected chi connectivity index (χ0v) is 8.49. The van der Waals surface area contributed by atoms with Gasteiger partial charge >= 0.3 is 0 Å². The maximum Gasteiger partial charge on any atom is 0.189 e. The quantitative estimate of drug-likeness (QED) is 0.731. The fourth-order valence-corrected chi connectivity index (χ4v) is 2.61. The number of rotatable bonds is 2. The number of carbonyl (C=O) groups excluding carboxylic acids is 1. The second-order valence-electron chi connectivity index (χ2n) is 3.45. The van der Waals surface area contributed by atoms with Crippen LogP contribution in [0.15, 0.2) is 11.4 Å². The van der Waals surface area contributed by atoms with Gasteiger partial charge in [0, 0.05) is 0 Å². The van der Waals surface area contributed by atoms with Gasteiger partial charge in [-0.15, -0.1) is 11.3 Å². The van der Waals surface area contributed by atoms with Gasteiger partial charge in [0.2, 0.25) is 0 Å². The van der Waals surface area contributed by atoms with Gasteiger partial charge in [0.25, 0.3) is 0 Å². The molecule has 0 bridgehead atoms. The Labute approximate surface area is 82.0 Å². The van der Waals surface area contributed by atoms with E-state index in [0.717, 1.165) is 29.8 Å². The van der Waals surface area contributed by atoms with E-state index in [4.69, 9.17) is 0 Å². The lowest BCUT2D eigenvalue weighted by Crippen LogP contribution is -2.30. The summed E-state index contributed by atoms with van der Waals surface area (Å²) in [6.07, 6.45) is 2.12. The van der Waals surface area contributed by atoms with Crippen molar-refractivity contribution in [2.75, 3.05) is 6.54 Å². The summed E-state index contributed by atoms with van der Waals surface area (Å²) in [5.41, 5.74) is 1.11. The van der Waals surface area contributed by atoms with Gasteiger partial charge in [0.05, 0.1) is 10.9 Å². The van der Waals surface area contributed by atoms with Crippen molar-refractivity contribution in [3.05, 3.63) is 21.9 Å². The third-order valence-electron chi connectivity index (χ3n) is 2.46. The molecule has 1 N–H and O–H groups in total. The van der Waals surface area contributed by atoms with Gasteiger partial charge in [-0.1, -0.05) is 0 Å². The van der Waals surface area contributed by atoms with Crippen LogP contribution in [0.3, 0.4) is 0 Å². The maximum absolute atomic E-state index is 11.9. The van der Waals surface area contributed by atoms with Gasteiger partial charge in [-0.2, -0.15) is 0 Å². The smallest absolute Gasteiger partial charge is 0.189 e. The molecule has 1 fully saturated rings. The topological polar surface area (TPSA) is 29.1 Å². The zero-order valence-electron chi connectivity index (χ0n) is 7.67. The number of carbonyl (C=O) groups is 1. The van der Waals surface area contributed by atoms with Crippen molar-refractivity contribution in [1.29, 1.82) is 0 Å². The highest BCUT2D eigenvalue weighted by Crippen LogP contribution is 2.20. The lowest BCUT2D eigenvalue weighted by Gasteiger charge is -2.07. The first-order valence-electron chi connectivity index (χ1n) is 4.61. The van der Waals surface area contributed by atoms with Crippen LogP contribution < -0.4 is 5.32 Å². The Hall–Kier alpha value is -0.670. The molecule has 1 aliphatic heterocycles. The second kappa shape index (κ2) is 3.60. The standard InChI is InChI=1S/C10H13NOS/c1-7-4-6-13-10(7)9(12)8-3-2-5-11-8/h4,6,8,11H,2-3,5H2,1H3. The first-order valence-corrected chi connectivity index (χ1v) is 5.48. The van der Waals surface area contributed by atoms with Crippen molar-refractivity contribution < 1.29 is 4.79 Å². The molecular weight excluding hydrogens is 182 g/mol. The third kappa shape index (κ3) is 1.67. The van der Waals surface area contributed by atoms with Gasteiger partial charge in [0.15, 0.2) is 5.78 Å². The van der Waals surface area contributed by atoms with Crippen LogP contribution in [0.4, 0.5) is 0 Å². The second-order valence-corrected chi connectivity index (χ2v) is 4.36. The van der Waals surface area contributed by atoms with E-state index in [1.807, 2.05) is 18.4 Å². The molecule has 0 saturated carbocycles. The number of ketones is 1. The Morgan fingerprint density at radius 1 is 1.69 bits per heavy atom. The molecule has 0 aromatic carbocycles. The maximum atomic E-state index is 11.9. The molecular formula is C10H13NOS. The fraction of sp³-hybridized carbons (Fsp3) is 0.500. The largest absolute Gasteiger partial charge is 0.307 e. The van der Waals surface area contributed by atoms with E-state index < -0.39 is 0 Å². The van der Waals surface area contributed by atoms with Gasteiger partial charge in [-0.25, -0.2) is 0 Å². The molecule has 70 valence electrons. The van der Waals surface area contributed by atoms with E-state index in [1.165, 1.54) is 0 Å². The van der Waals surface area contributed by atoms with E-state index in [1.54, 1.807) is 11.3 Å². The summed E-state index contributed by atoms with van der Waals surface area (Å²) in [5, 5.41) is 5.21. The lowest BCUT2D eigenvalue weighted by atomic mass is 10.1. The average molecular weight is 195 g/mol. The Bertz CT molecular complexity index is 312. The molecule has 2 heterocycles. The molecule has 1 aliphatic rings. The minimum absolute atomic E-state index is 0.0809. The molecule has 3 heteroatoms. The number of thiophene rings is 1. The zero-order chi connectivity index (χ0) is 9.26. The number of hydrogen-bond acceptors (Lipinski definition) is 3. The molecule has 1 aromatic rings. The molecule has 1 aromatic heterocycles. The van der Waals surface area contributed by atoms with E-state index in [2.05, 4.69) is 5.32 Å². The summed E-state index contributed by atoms with van der Waals surface area (Å²) in [6.45, 7) is 2.99. The summed E-state index contributed by atoms with van der Waals surface area (Å²) >= 11 is 1.55. The number of Topliss-reactive ketones (excluding diaryl/α,β-unsaturated/α-hetero) is 1. The van der Waals surface area contributed by atoms with E-state index >= 15 is 0 Å². The molecule has 2 rings (SSSR count). The Morgan fingerprint density at radius 2 is 2.54 bits per heavy atom. The monoisotopic (exact) mass is 195 g/mol. The Balaban J connectivity index is 2.17. The van der Waals surface area contributed by atoms with E-state index in [0.29, 0.717) is 0 Å². The first kappa shape index (κ1) is 8.91. The van der Waals surface area contributed by atoms with Gasteiger partial charge in [0.1, 0.15) is 0 Å². The molecule has 0 radical (unpaired) electrons. The predicted octanol–water partition coefficient (Wildman–Crippen LogP) is 1.99. The van der Waals surface area contributed by atoms with Crippen molar-refractivity contribution in [3.63, 3.8) is 0 Å². The summed E-state index contributed by atoms with van der Waals surface area (Å²) in [7, 11) is 0. The highest BCUT2D eigenvalue weighted by Gasteiger charge is 2.24. The van der Waals surface area contributed by atoms with Crippen LogP contribution in [0.2, 0.25) is 0 Å². The average Bonchev–Trinajstić information content (AvgIpc) is 2.72. The normalized spacial score (nSPS) is 22.1. The molecule has 0 amide bonds. The number of aryl methyl sites for hydroxylation is 1. The van der Waals surface area contributed by atoms with Crippen LogP contribution in [0, 0.1) is 6.92 Å². The van der Waals surface area contributed by atoms with Crippen molar-refractivity contribution >= 4 is 17.1 Å². The number of hydrogen-bond donors (Lipinski definition) is 1. The molecule has 1 saturated heterocycles. The van der Waals surface area contributed by atoms with Crippen molar-refractivity contribution in [3.8, 4) is 0 Å². The van der Waals surface area contributed by atoms with Crippen LogP contribution in [-0.4, -0.2) is 18.4 Å². The molecule has 1 atom stereocenters. The van der Waals surface area contributed by atoms with Gasteiger partial charge in [-0.05, 0) is 43.3 Å². The van der Waals surface area contributed by atoms with Crippen LogP contribution in [-0.2, 0) is 0 Å². The number of nitrogens with one attached hydrogen (secondary N) is 1. The summed E-state index contributed by atoms with van der Waals surface area (Å²) in [4.78, 5) is 12.8. The van der Waals surface area contributed by atoms with Crippen LogP contribution in [0.5, 0.6) is 0 Å². The van der Waals surface area contributed by atoms with Gasteiger partial charge < -0.3 is 5.32 Å². The highest BCUT2D eigenvalue weighted by molar-refractivity contribution is 7.12. The van der Waals surface area contributed by atoms with E-state index in [-0.39, 0.29) is 11.8 Å². The van der Waals surface area contributed by atoms with Crippen LogP contribution in [0.25, 0.3) is 0 Å². The summed E-state index contributed by atoms with van der Waals surface area (Å²) < 4.78 is 0. The lowest BCUT2D eigenvalue weighted by molar-refractivity contribution is 0.0956. The molecule has 1 unspecified atom stereocenters. The Morgan fingerprint density at radius 3 is 3.08 bits per heavy atom. The van der Waals surface area contributed by atoms with E-state index in [9.17, 15) is 4.79 Å². The van der Waals surface area contributed by atoms with Crippen molar-refractivity contribution in [2.45, 2.75) is 25.8 Å². The molecule has 0 aliphatic carbocycles. The SMILES string of the molecule is Cc1ccsc1C(=O)C1CCCN1. The van der Waals surface area contributed by atoms with Crippen LogP contribution >= 0.6 is 11.3 Å². The highest BCUT2D eigenvalue weighted by atomic mass is 32.1. The minimum atomic E-state index is 0.0809. The molecule has 0 spiro atoms. The van der Waals surface area contributed by atoms with Crippen molar-refractivity contribution in [2.24, 2.45) is 0 Å². The summed E-state index contributed by atoms with van der Waals surface area (Å²) in [5.74, 6) is 0.282. The molecule has 2 nitrogen and oxygen atoms in total.